The fourth-order valence-corrected chi connectivity index (χ4v) is 2.45. The highest BCUT2D eigenvalue weighted by Crippen LogP contribution is 2.18. The van der Waals surface area contributed by atoms with E-state index in [1.807, 2.05) is 0 Å². The molecule has 1 amide bonds. The number of carbonyl (C=O) groups is 2. The smallest absolute Gasteiger partial charge is 0.326 e. The summed E-state index contributed by atoms with van der Waals surface area (Å²) in [6.45, 7) is -1.40. The second kappa shape index (κ2) is 7.83. The van der Waals surface area contributed by atoms with Gasteiger partial charge in [-0.1, -0.05) is 0 Å². The second-order valence-corrected chi connectivity index (χ2v) is 5.07. The van der Waals surface area contributed by atoms with Crippen LogP contribution in [0.4, 0.5) is 8.78 Å². The van der Waals surface area contributed by atoms with Gasteiger partial charge >= 0.3 is 12.5 Å². The quantitative estimate of drug-likeness (QED) is 0.711. The number of rotatable bonds is 8. The normalized spacial score (nSPS) is 12.4. The molecule has 20 heavy (non-hydrogen) atoms. The zero-order chi connectivity index (χ0) is 15.1. The Bertz CT molecular complexity index is 468. The number of amides is 1. The van der Waals surface area contributed by atoms with Crippen LogP contribution in [0.3, 0.4) is 0 Å². The minimum atomic E-state index is -2.64. The van der Waals surface area contributed by atoms with Crippen molar-refractivity contribution in [1.29, 1.82) is 0 Å². The molecule has 6 nitrogen and oxygen atoms in total. The number of carboxylic acid groups (broad SMARTS) is 1. The van der Waals surface area contributed by atoms with E-state index in [1.165, 1.54) is 31.1 Å². The summed E-state index contributed by atoms with van der Waals surface area (Å²) in [5.74, 6) is -0.640. The van der Waals surface area contributed by atoms with Crippen molar-refractivity contribution in [2.75, 3.05) is 5.75 Å². The van der Waals surface area contributed by atoms with Crippen LogP contribution in [-0.2, 0) is 15.3 Å². The predicted molar refractivity (Wildman–Crippen MR) is 69.5 cm³/mol. The molecular formula is C11H15F2N3O3S. The Hall–Kier alpha value is -1.64. The van der Waals surface area contributed by atoms with E-state index in [-0.39, 0.29) is 18.0 Å². The lowest BCUT2D eigenvalue weighted by molar-refractivity contribution is -0.141. The second-order valence-electron chi connectivity index (χ2n) is 3.96. The maximum absolute atomic E-state index is 12.5. The summed E-state index contributed by atoms with van der Waals surface area (Å²) < 4.78 is 25.8. The fraction of sp³-hybridized carbons (Fsp3) is 0.545. The standard InChI is InChI=1S/C11H15F2N3O3S/c1-7(17)15-8(10(18)19)2-5-20-6-9-14-3-4-16(9)11(12)13/h3-4,8,11H,2,5-6H2,1H3,(H,15,17)(H,18,19). The highest BCUT2D eigenvalue weighted by Gasteiger charge is 2.18. The summed E-state index contributed by atoms with van der Waals surface area (Å²) in [5, 5.41) is 11.2. The number of aromatic nitrogens is 2. The van der Waals surface area contributed by atoms with Crippen LogP contribution in [0.5, 0.6) is 0 Å². The molecule has 1 aromatic heterocycles. The van der Waals surface area contributed by atoms with E-state index in [0.29, 0.717) is 5.75 Å². The molecule has 112 valence electrons. The van der Waals surface area contributed by atoms with Crippen molar-refractivity contribution in [2.24, 2.45) is 0 Å². The molecule has 0 spiro atoms. The SMILES string of the molecule is CC(=O)NC(CCSCc1nccn1C(F)F)C(=O)O. The fourth-order valence-electron chi connectivity index (χ4n) is 1.50. The molecule has 0 saturated carbocycles. The predicted octanol–water partition coefficient (Wildman–Crippen LogP) is 1.49. The summed E-state index contributed by atoms with van der Waals surface area (Å²) in [6, 6.07) is -0.963. The Kier molecular flexibility index (Phi) is 6.43. The highest BCUT2D eigenvalue weighted by atomic mass is 32.2. The molecule has 1 unspecified atom stereocenters. The van der Waals surface area contributed by atoms with E-state index in [9.17, 15) is 18.4 Å². The van der Waals surface area contributed by atoms with Gasteiger partial charge < -0.3 is 10.4 Å². The maximum Gasteiger partial charge on any atom is 0.326 e. The summed E-state index contributed by atoms with van der Waals surface area (Å²) >= 11 is 1.28. The maximum atomic E-state index is 12.5. The van der Waals surface area contributed by atoms with Crippen LogP contribution < -0.4 is 5.32 Å². The van der Waals surface area contributed by atoms with Gasteiger partial charge in [0.2, 0.25) is 5.91 Å². The largest absolute Gasteiger partial charge is 0.480 e. The van der Waals surface area contributed by atoms with Gasteiger partial charge in [0.15, 0.2) is 0 Å². The average Bonchev–Trinajstić information content (AvgIpc) is 2.80. The Balaban J connectivity index is 2.38. The van der Waals surface area contributed by atoms with Crippen molar-refractivity contribution >= 4 is 23.6 Å². The van der Waals surface area contributed by atoms with Crippen LogP contribution in [0.15, 0.2) is 12.4 Å². The number of nitrogens with zero attached hydrogens (tertiary/aromatic N) is 2. The molecule has 0 aliphatic heterocycles. The monoisotopic (exact) mass is 307 g/mol. The van der Waals surface area contributed by atoms with Gasteiger partial charge in [-0.15, -0.1) is 0 Å². The van der Waals surface area contributed by atoms with Gasteiger partial charge in [-0.3, -0.25) is 9.36 Å². The van der Waals surface area contributed by atoms with Gasteiger partial charge in [0, 0.05) is 19.3 Å². The van der Waals surface area contributed by atoms with Crippen molar-refractivity contribution in [1.82, 2.24) is 14.9 Å². The molecule has 1 heterocycles. The van der Waals surface area contributed by atoms with Crippen LogP contribution in [0, 0.1) is 0 Å². The summed E-state index contributed by atoms with van der Waals surface area (Å²) in [4.78, 5) is 25.5. The van der Waals surface area contributed by atoms with E-state index in [4.69, 9.17) is 5.11 Å². The number of aliphatic carboxylic acids is 1. The van der Waals surface area contributed by atoms with Crippen molar-refractivity contribution in [2.45, 2.75) is 31.7 Å². The lowest BCUT2D eigenvalue weighted by Gasteiger charge is -2.12. The number of alkyl halides is 2. The molecule has 0 aliphatic carbocycles. The number of halogens is 2. The van der Waals surface area contributed by atoms with Crippen molar-refractivity contribution in [3.05, 3.63) is 18.2 Å². The van der Waals surface area contributed by atoms with Gasteiger partial charge in [0.1, 0.15) is 11.9 Å². The van der Waals surface area contributed by atoms with E-state index in [1.54, 1.807) is 0 Å². The van der Waals surface area contributed by atoms with Crippen molar-refractivity contribution in [3.63, 3.8) is 0 Å². The Morgan fingerprint density at radius 3 is 2.80 bits per heavy atom. The Morgan fingerprint density at radius 2 is 2.25 bits per heavy atom. The summed E-state index contributed by atoms with van der Waals surface area (Å²) in [6.07, 6.45) is 2.70. The van der Waals surface area contributed by atoms with Crippen LogP contribution in [0.25, 0.3) is 0 Å². The molecule has 0 saturated heterocycles. The average molecular weight is 307 g/mol. The molecule has 1 aromatic rings. The van der Waals surface area contributed by atoms with E-state index < -0.39 is 24.5 Å². The molecule has 0 aliphatic rings. The van der Waals surface area contributed by atoms with E-state index in [2.05, 4.69) is 10.3 Å². The molecule has 9 heteroatoms. The molecule has 1 rings (SSSR count). The van der Waals surface area contributed by atoms with Gasteiger partial charge in [-0.05, 0) is 12.2 Å². The number of carboxylic acids is 1. The van der Waals surface area contributed by atoms with Gasteiger partial charge in [0.05, 0.1) is 5.75 Å². The minimum absolute atomic E-state index is 0.217. The third kappa shape index (κ3) is 5.16. The third-order valence-electron chi connectivity index (χ3n) is 2.42. The molecule has 1 atom stereocenters. The van der Waals surface area contributed by atoms with E-state index in [0.717, 1.165) is 4.57 Å². The van der Waals surface area contributed by atoms with Gasteiger partial charge in [-0.25, -0.2) is 9.78 Å². The topological polar surface area (TPSA) is 84.2 Å². The molecule has 0 aromatic carbocycles. The number of carbonyl (C=O) groups excluding carboxylic acids is 1. The van der Waals surface area contributed by atoms with E-state index >= 15 is 0 Å². The van der Waals surface area contributed by atoms with Crippen LogP contribution in [-0.4, -0.2) is 38.3 Å². The number of thioether (sulfide) groups is 1. The van der Waals surface area contributed by atoms with Crippen molar-refractivity contribution in [3.8, 4) is 0 Å². The van der Waals surface area contributed by atoms with Crippen LogP contribution in [0.1, 0.15) is 25.7 Å². The molecular weight excluding hydrogens is 292 g/mol. The first-order chi connectivity index (χ1) is 9.41. The first kappa shape index (κ1) is 16.4. The number of hydrogen-bond acceptors (Lipinski definition) is 4. The highest BCUT2D eigenvalue weighted by molar-refractivity contribution is 7.98. The molecule has 0 radical (unpaired) electrons. The molecule has 0 fully saturated rings. The lowest BCUT2D eigenvalue weighted by Crippen LogP contribution is -2.39. The first-order valence-corrected chi connectivity index (χ1v) is 6.94. The molecule has 0 bridgehead atoms. The lowest BCUT2D eigenvalue weighted by atomic mass is 10.2. The van der Waals surface area contributed by atoms with Crippen LogP contribution >= 0.6 is 11.8 Å². The number of imidazole rings is 1. The first-order valence-electron chi connectivity index (χ1n) is 5.79. The van der Waals surface area contributed by atoms with Crippen LogP contribution in [0.2, 0.25) is 0 Å². The number of hydrogen-bond donors (Lipinski definition) is 2. The minimum Gasteiger partial charge on any atom is -0.480 e. The Labute approximate surface area is 118 Å². The van der Waals surface area contributed by atoms with Crippen molar-refractivity contribution < 1.29 is 23.5 Å². The molecule has 2 N–H and O–H groups in total. The van der Waals surface area contributed by atoms with Gasteiger partial charge in [-0.2, -0.15) is 20.5 Å². The number of nitrogens with one attached hydrogen (secondary N) is 1. The zero-order valence-corrected chi connectivity index (χ0v) is 11.6. The summed E-state index contributed by atoms with van der Waals surface area (Å²) in [5.41, 5.74) is 0. The summed E-state index contributed by atoms with van der Waals surface area (Å²) in [7, 11) is 0. The third-order valence-corrected chi connectivity index (χ3v) is 3.40. The Morgan fingerprint density at radius 1 is 1.55 bits per heavy atom. The zero-order valence-electron chi connectivity index (χ0n) is 10.8. The van der Waals surface area contributed by atoms with Gasteiger partial charge in [0.25, 0.3) is 0 Å².